The number of rotatable bonds is 6. The molecule has 2 saturated heterocycles. The number of halogens is 1. The van der Waals surface area contributed by atoms with Crippen LogP contribution in [0.2, 0.25) is 0 Å². The number of benzene rings is 3. The molecular weight excluding hydrogens is 613 g/mol. The Hall–Kier alpha value is -5.06. The molecule has 2 bridgehead atoms. The number of ether oxygens (including phenoxy) is 1. The lowest BCUT2D eigenvalue weighted by Crippen LogP contribution is -2.51. The Kier molecular flexibility index (Phi) is 9.30. The van der Waals surface area contributed by atoms with Gasteiger partial charge in [0.05, 0.1) is 17.0 Å². The molecule has 1 atom stereocenters. The van der Waals surface area contributed by atoms with Gasteiger partial charge in [-0.05, 0) is 94.7 Å². The highest BCUT2D eigenvalue weighted by atomic mass is 19.1. The van der Waals surface area contributed by atoms with Crippen molar-refractivity contribution in [3.8, 4) is 0 Å². The molecule has 1 saturated carbocycles. The molecule has 3 aromatic rings. The predicted octanol–water partition coefficient (Wildman–Crippen LogP) is 5.76. The maximum absolute atomic E-state index is 15.3. The van der Waals surface area contributed by atoms with Crippen LogP contribution in [-0.2, 0) is 14.3 Å². The molecule has 3 aromatic carbocycles. The third-order valence-electron chi connectivity index (χ3n) is 8.93. The van der Waals surface area contributed by atoms with E-state index in [2.05, 4.69) is 15.6 Å². The van der Waals surface area contributed by atoms with Crippen molar-refractivity contribution in [2.24, 2.45) is 16.8 Å². The van der Waals surface area contributed by atoms with Gasteiger partial charge in [-0.2, -0.15) is 0 Å². The van der Waals surface area contributed by atoms with Crippen molar-refractivity contribution in [3.63, 3.8) is 0 Å². The number of nitrogens with one attached hydrogen (secondary N) is 2. The van der Waals surface area contributed by atoms with Crippen LogP contribution in [0.4, 0.5) is 20.6 Å². The summed E-state index contributed by atoms with van der Waals surface area (Å²) >= 11 is 0. The van der Waals surface area contributed by atoms with Gasteiger partial charge in [-0.15, -0.1) is 0 Å². The van der Waals surface area contributed by atoms with Gasteiger partial charge in [-0.3, -0.25) is 14.5 Å². The van der Waals surface area contributed by atoms with Crippen molar-refractivity contribution >= 4 is 40.9 Å². The number of aliphatic imine (C=N–C) groups is 1. The van der Waals surface area contributed by atoms with Gasteiger partial charge in [-0.25, -0.2) is 19.0 Å². The molecule has 0 aromatic heterocycles. The molecule has 3 heterocycles. The average molecular weight is 654 g/mol. The fraction of sp³-hybridized carbons (Fsp3) is 0.378. The lowest BCUT2D eigenvalue weighted by Gasteiger charge is -2.29. The van der Waals surface area contributed by atoms with Gasteiger partial charge in [0, 0.05) is 29.9 Å². The van der Waals surface area contributed by atoms with Crippen molar-refractivity contribution in [2.45, 2.75) is 58.2 Å². The van der Waals surface area contributed by atoms with Gasteiger partial charge < -0.3 is 20.3 Å². The third-order valence-corrected chi connectivity index (χ3v) is 8.93. The van der Waals surface area contributed by atoms with Crippen LogP contribution in [-0.4, -0.2) is 65.8 Å². The first-order valence-corrected chi connectivity index (χ1v) is 16.4. The molecule has 48 heavy (non-hydrogen) atoms. The lowest BCUT2D eigenvalue weighted by atomic mass is 9.84. The molecule has 3 fully saturated rings. The Bertz CT molecular complexity index is 1750. The van der Waals surface area contributed by atoms with Crippen LogP contribution < -0.4 is 15.5 Å². The number of benzodiazepines with no additional fused rings is 1. The summed E-state index contributed by atoms with van der Waals surface area (Å²) in [6.45, 7) is 6.32. The predicted molar refractivity (Wildman–Crippen MR) is 180 cm³/mol. The molecule has 1 aliphatic carbocycles. The summed E-state index contributed by atoms with van der Waals surface area (Å²) in [7, 11) is 0. The Morgan fingerprint density at radius 2 is 1.54 bits per heavy atom. The van der Waals surface area contributed by atoms with E-state index in [9.17, 15) is 19.2 Å². The molecule has 11 heteroatoms. The van der Waals surface area contributed by atoms with Gasteiger partial charge in [0.15, 0.2) is 0 Å². The highest BCUT2D eigenvalue weighted by Crippen LogP contribution is 2.35. The van der Waals surface area contributed by atoms with E-state index in [1.54, 1.807) is 81.4 Å². The van der Waals surface area contributed by atoms with E-state index < -0.39 is 35.5 Å². The second-order valence-electron chi connectivity index (χ2n) is 13.7. The average Bonchev–Trinajstić information content (AvgIpc) is 3.43. The van der Waals surface area contributed by atoms with Crippen LogP contribution in [0.15, 0.2) is 77.8 Å². The number of para-hydroxylation sites is 1. The van der Waals surface area contributed by atoms with Crippen molar-refractivity contribution in [1.82, 2.24) is 10.2 Å². The molecule has 4 aliphatic rings. The van der Waals surface area contributed by atoms with E-state index >= 15 is 4.39 Å². The quantitative estimate of drug-likeness (QED) is 0.328. The van der Waals surface area contributed by atoms with Crippen molar-refractivity contribution in [2.75, 3.05) is 29.9 Å². The first kappa shape index (κ1) is 32.9. The Morgan fingerprint density at radius 3 is 2.21 bits per heavy atom. The summed E-state index contributed by atoms with van der Waals surface area (Å²) < 4.78 is 20.7. The standard InChI is InChI=1S/C37H40FN5O5/c1-37(2,3)48-35(46)25-9-8-10-26(19-25)39-36(47)41-33-34(45)43(22-31(44)42-20-23-15-16-24(21-42)18-17-23)30-14-7-5-12-28(30)32(40-33)27-11-4-6-13-29(27)38/h4-14,19,23-24,33H,15-18,20-22H2,1-3H3,(H2,39,41,47)/t23?,24?,33-/m0/s1. The number of carbonyl (C=O) groups is 4. The number of nitrogens with zero attached hydrogens (tertiary/aromatic N) is 3. The summed E-state index contributed by atoms with van der Waals surface area (Å²) in [5.74, 6) is -1.04. The van der Waals surface area contributed by atoms with Crippen molar-refractivity contribution < 1.29 is 28.3 Å². The van der Waals surface area contributed by atoms with Crippen LogP contribution in [0.1, 0.15) is 67.9 Å². The van der Waals surface area contributed by atoms with Crippen molar-refractivity contribution in [3.05, 3.63) is 95.3 Å². The fourth-order valence-electron chi connectivity index (χ4n) is 6.64. The molecule has 2 N–H and O–H groups in total. The van der Waals surface area contributed by atoms with Crippen LogP contribution in [0.25, 0.3) is 0 Å². The largest absolute Gasteiger partial charge is 0.456 e. The molecule has 7 rings (SSSR count). The van der Waals surface area contributed by atoms with E-state index in [1.165, 1.54) is 17.0 Å². The Morgan fingerprint density at radius 1 is 0.896 bits per heavy atom. The molecule has 3 aliphatic heterocycles. The number of hydrogen-bond acceptors (Lipinski definition) is 6. The topological polar surface area (TPSA) is 120 Å². The summed E-state index contributed by atoms with van der Waals surface area (Å²) in [6.07, 6.45) is 2.89. The monoisotopic (exact) mass is 653 g/mol. The number of amides is 4. The first-order chi connectivity index (χ1) is 22.9. The lowest BCUT2D eigenvalue weighted by molar-refractivity contribution is -0.132. The number of fused-ring (bicyclic) bond motifs is 5. The smallest absolute Gasteiger partial charge is 0.338 e. The zero-order chi connectivity index (χ0) is 34.0. The molecule has 4 amide bonds. The zero-order valence-corrected chi connectivity index (χ0v) is 27.4. The third kappa shape index (κ3) is 7.40. The van der Waals surface area contributed by atoms with E-state index in [-0.39, 0.29) is 35.0 Å². The van der Waals surface area contributed by atoms with Gasteiger partial charge >= 0.3 is 12.0 Å². The van der Waals surface area contributed by atoms with E-state index in [0.29, 0.717) is 36.2 Å². The highest BCUT2D eigenvalue weighted by molar-refractivity contribution is 6.21. The molecule has 10 nitrogen and oxygen atoms in total. The SMILES string of the molecule is CC(C)(C)OC(=O)c1cccc(NC(=O)N[C@@H]2N=C(c3ccccc3F)c3ccccc3N(CC(=O)N3CC4CCC(CC4)C3)C2=O)c1. The fourth-order valence-corrected chi connectivity index (χ4v) is 6.64. The Balaban J connectivity index is 1.30. The van der Waals surface area contributed by atoms with Gasteiger partial charge in [-0.1, -0.05) is 36.4 Å². The summed E-state index contributed by atoms with van der Waals surface area (Å²) in [6, 6.07) is 18.4. The normalized spacial score (nSPS) is 20.6. The first-order valence-electron chi connectivity index (χ1n) is 16.4. The highest BCUT2D eigenvalue weighted by Gasteiger charge is 2.37. The summed E-state index contributed by atoms with van der Waals surface area (Å²) in [4.78, 5) is 62.0. The van der Waals surface area contributed by atoms with Crippen molar-refractivity contribution in [1.29, 1.82) is 0 Å². The molecule has 250 valence electrons. The maximum Gasteiger partial charge on any atom is 0.338 e. The minimum absolute atomic E-state index is 0.146. The number of esters is 1. The van der Waals surface area contributed by atoms with Crippen LogP contribution in [0, 0.1) is 17.7 Å². The summed E-state index contributed by atoms with van der Waals surface area (Å²) in [5, 5.41) is 5.28. The van der Waals surface area contributed by atoms with E-state index in [0.717, 1.165) is 25.7 Å². The number of carbonyl (C=O) groups excluding carboxylic acids is 4. The van der Waals surface area contributed by atoms with Crippen LogP contribution in [0.5, 0.6) is 0 Å². The second kappa shape index (κ2) is 13.6. The summed E-state index contributed by atoms with van der Waals surface area (Å²) in [5.41, 5.74) is 0.962. The Labute approximate surface area is 279 Å². The van der Waals surface area contributed by atoms with Crippen LogP contribution >= 0.6 is 0 Å². The number of urea groups is 1. The van der Waals surface area contributed by atoms with E-state index in [1.807, 2.05) is 4.90 Å². The zero-order valence-electron chi connectivity index (χ0n) is 27.4. The van der Waals surface area contributed by atoms with Gasteiger partial charge in [0.25, 0.3) is 5.91 Å². The number of hydrogen-bond donors (Lipinski definition) is 2. The van der Waals surface area contributed by atoms with Gasteiger partial charge in [0.2, 0.25) is 12.1 Å². The van der Waals surface area contributed by atoms with Crippen LogP contribution in [0.3, 0.4) is 0 Å². The molecule has 0 radical (unpaired) electrons. The maximum atomic E-state index is 15.3. The minimum atomic E-state index is -1.51. The minimum Gasteiger partial charge on any atom is -0.456 e. The van der Waals surface area contributed by atoms with E-state index in [4.69, 9.17) is 4.74 Å². The molecule has 0 unspecified atom stereocenters. The molecular formula is C37H40FN5O5. The van der Waals surface area contributed by atoms with Gasteiger partial charge in [0.1, 0.15) is 18.0 Å². The number of anilines is 2. The molecule has 0 spiro atoms. The second-order valence-corrected chi connectivity index (χ2v) is 13.7.